The summed E-state index contributed by atoms with van der Waals surface area (Å²) < 4.78 is 43.6. The minimum absolute atomic E-state index is 0.164. The van der Waals surface area contributed by atoms with Crippen LogP contribution in [0.3, 0.4) is 0 Å². The summed E-state index contributed by atoms with van der Waals surface area (Å²) in [7, 11) is 0. The van der Waals surface area contributed by atoms with Crippen molar-refractivity contribution in [1.82, 2.24) is 15.0 Å². The third kappa shape index (κ3) is 4.11. The Morgan fingerprint density at radius 2 is 1.93 bits per heavy atom. The highest BCUT2D eigenvalue weighted by Crippen LogP contribution is 2.29. The predicted molar refractivity (Wildman–Crippen MR) is 93.4 cm³/mol. The first kappa shape index (κ1) is 18.9. The van der Waals surface area contributed by atoms with E-state index in [4.69, 9.17) is 4.42 Å². The number of rotatable bonds is 4. The molecule has 1 N–H and O–H groups in total. The Morgan fingerprint density at radius 3 is 2.56 bits per heavy atom. The van der Waals surface area contributed by atoms with Crippen molar-refractivity contribution in [2.75, 3.05) is 11.6 Å². The van der Waals surface area contributed by atoms with Crippen LogP contribution in [0.4, 0.5) is 19.0 Å². The van der Waals surface area contributed by atoms with Crippen molar-refractivity contribution in [3.8, 4) is 11.6 Å². The molecule has 3 heterocycles. The summed E-state index contributed by atoms with van der Waals surface area (Å²) >= 11 is 1.21. The number of anilines is 1. The van der Waals surface area contributed by atoms with Crippen molar-refractivity contribution in [1.29, 1.82) is 0 Å². The largest absolute Gasteiger partial charge is 0.461 e. The van der Waals surface area contributed by atoms with Crippen molar-refractivity contribution in [3.63, 3.8) is 0 Å². The minimum atomic E-state index is -4.60. The molecule has 0 saturated carbocycles. The number of hydrogen-bond donors (Lipinski definition) is 1. The van der Waals surface area contributed by atoms with Gasteiger partial charge in [0, 0.05) is 0 Å². The fourth-order valence-electron chi connectivity index (χ4n) is 2.31. The highest BCUT2D eigenvalue weighted by molar-refractivity contribution is 7.98. The fourth-order valence-corrected chi connectivity index (χ4v) is 2.94. The first-order chi connectivity index (χ1) is 12.8. The minimum Gasteiger partial charge on any atom is -0.461 e. The lowest BCUT2D eigenvalue weighted by atomic mass is 10.2. The highest BCUT2D eigenvalue weighted by Gasteiger charge is 2.32. The fraction of sp³-hybridized carbons (Fsp3) is 0.176. The third-order valence-electron chi connectivity index (χ3n) is 3.50. The lowest BCUT2D eigenvalue weighted by Crippen LogP contribution is -2.18. The number of amides is 1. The Morgan fingerprint density at radius 1 is 1.15 bits per heavy atom. The normalized spacial score (nSPS) is 11.4. The van der Waals surface area contributed by atoms with Crippen LogP contribution >= 0.6 is 11.8 Å². The van der Waals surface area contributed by atoms with Gasteiger partial charge in [0.2, 0.25) is 0 Å². The summed E-state index contributed by atoms with van der Waals surface area (Å²) in [5.41, 5.74) is -0.561. The maximum atomic E-state index is 12.8. The standard InChI is InChI=1S/C17H13F3N4O2S/c1-9-13(16(27-2)24-14(21-9)10-5-4-8-26-10)15(25)23-12-7-3-6-11(22-12)17(18,19)20/h3-8H,1-2H3,(H,22,23,25). The lowest BCUT2D eigenvalue weighted by Gasteiger charge is -2.12. The van der Waals surface area contributed by atoms with Gasteiger partial charge in [-0.05, 0) is 37.4 Å². The number of nitrogens with one attached hydrogen (secondary N) is 1. The lowest BCUT2D eigenvalue weighted by molar-refractivity contribution is -0.141. The van der Waals surface area contributed by atoms with Gasteiger partial charge < -0.3 is 9.73 Å². The van der Waals surface area contributed by atoms with E-state index in [0.29, 0.717) is 22.3 Å². The van der Waals surface area contributed by atoms with Crippen LogP contribution < -0.4 is 5.32 Å². The summed E-state index contributed by atoms with van der Waals surface area (Å²) in [4.78, 5) is 24.6. The number of furan rings is 1. The average Bonchev–Trinajstić information content (AvgIpc) is 3.15. The van der Waals surface area contributed by atoms with E-state index in [2.05, 4.69) is 20.3 Å². The maximum absolute atomic E-state index is 12.8. The molecule has 0 aliphatic carbocycles. The van der Waals surface area contributed by atoms with Crippen LogP contribution in [-0.4, -0.2) is 27.1 Å². The molecule has 6 nitrogen and oxygen atoms in total. The third-order valence-corrected chi connectivity index (χ3v) is 4.18. The summed E-state index contributed by atoms with van der Waals surface area (Å²) in [6.45, 7) is 1.61. The van der Waals surface area contributed by atoms with E-state index in [0.717, 1.165) is 6.07 Å². The molecule has 10 heteroatoms. The zero-order valence-corrected chi connectivity index (χ0v) is 15.0. The van der Waals surface area contributed by atoms with Crippen molar-refractivity contribution in [2.45, 2.75) is 18.1 Å². The number of nitrogens with zero attached hydrogens (tertiary/aromatic N) is 3. The van der Waals surface area contributed by atoms with Gasteiger partial charge in [0.25, 0.3) is 5.91 Å². The van der Waals surface area contributed by atoms with Crippen LogP contribution in [0.15, 0.2) is 46.0 Å². The predicted octanol–water partition coefficient (Wildman–Crippen LogP) is 4.43. The summed E-state index contributed by atoms with van der Waals surface area (Å²) in [5, 5.41) is 2.75. The monoisotopic (exact) mass is 394 g/mol. The summed E-state index contributed by atoms with van der Waals surface area (Å²) in [6.07, 6.45) is -1.39. The van der Waals surface area contributed by atoms with Crippen LogP contribution in [0.25, 0.3) is 11.6 Å². The molecule has 3 aromatic rings. The molecule has 0 aliphatic rings. The second kappa shape index (κ2) is 7.39. The SMILES string of the molecule is CSc1nc(-c2ccco2)nc(C)c1C(=O)Nc1cccc(C(F)(F)F)n1. The van der Waals surface area contributed by atoms with E-state index in [-0.39, 0.29) is 11.4 Å². The quantitative estimate of drug-likeness (QED) is 0.521. The molecule has 0 atom stereocenters. The van der Waals surface area contributed by atoms with Crippen LogP contribution in [0.2, 0.25) is 0 Å². The molecule has 3 rings (SSSR count). The number of carbonyl (C=O) groups excluding carboxylic acids is 1. The topological polar surface area (TPSA) is 80.9 Å². The van der Waals surface area contributed by atoms with Gasteiger partial charge in [-0.2, -0.15) is 13.2 Å². The molecular formula is C17H13F3N4O2S. The molecule has 0 aliphatic heterocycles. The molecule has 0 radical (unpaired) electrons. The second-order valence-corrected chi connectivity index (χ2v) is 6.15. The second-order valence-electron chi connectivity index (χ2n) is 5.35. The molecule has 140 valence electrons. The van der Waals surface area contributed by atoms with Crippen LogP contribution in [-0.2, 0) is 6.18 Å². The van der Waals surface area contributed by atoms with Gasteiger partial charge in [-0.15, -0.1) is 11.8 Å². The molecule has 0 aromatic carbocycles. The zero-order valence-electron chi connectivity index (χ0n) is 14.2. The summed E-state index contributed by atoms with van der Waals surface area (Å²) in [6, 6.07) is 6.65. The molecule has 0 bridgehead atoms. The van der Waals surface area contributed by atoms with E-state index in [9.17, 15) is 18.0 Å². The highest BCUT2D eigenvalue weighted by atomic mass is 32.2. The Kier molecular flexibility index (Phi) is 5.17. The number of aryl methyl sites for hydroxylation is 1. The molecule has 3 aromatic heterocycles. The molecule has 1 amide bonds. The molecule has 0 saturated heterocycles. The van der Waals surface area contributed by atoms with Gasteiger partial charge in [-0.25, -0.2) is 15.0 Å². The van der Waals surface area contributed by atoms with Gasteiger partial charge in [-0.1, -0.05) is 6.07 Å². The smallest absolute Gasteiger partial charge is 0.433 e. The van der Waals surface area contributed by atoms with E-state index in [1.807, 2.05) is 0 Å². The number of aromatic nitrogens is 3. The number of thioether (sulfide) groups is 1. The Balaban J connectivity index is 1.93. The van der Waals surface area contributed by atoms with E-state index in [1.54, 1.807) is 25.3 Å². The number of carbonyl (C=O) groups is 1. The van der Waals surface area contributed by atoms with Crippen molar-refractivity contribution in [3.05, 3.63) is 53.5 Å². The molecule has 0 spiro atoms. The molecule has 27 heavy (non-hydrogen) atoms. The first-order valence-electron chi connectivity index (χ1n) is 7.61. The van der Waals surface area contributed by atoms with Gasteiger partial charge >= 0.3 is 6.18 Å². The van der Waals surface area contributed by atoms with Gasteiger partial charge in [0.05, 0.1) is 17.5 Å². The van der Waals surface area contributed by atoms with Crippen LogP contribution in [0.1, 0.15) is 21.7 Å². The van der Waals surface area contributed by atoms with Crippen molar-refractivity contribution in [2.24, 2.45) is 0 Å². The maximum Gasteiger partial charge on any atom is 0.433 e. The van der Waals surface area contributed by atoms with Crippen molar-refractivity contribution < 1.29 is 22.4 Å². The van der Waals surface area contributed by atoms with Gasteiger partial charge in [-0.3, -0.25) is 4.79 Å². The molecular weight excluding hydrogens is 381 g/mol. The Labute approximate surface area is 156 Å². The van der Waals surface area contributed by atoms with Gasteiger partial charge in [0.1, 0.15) is 16.5 Å². The van der Waals surface area contributed by atoms with E-state index >= 15 is 0 Å². The number of alkyl halides is 3. The number of hydrogen-bond acceptors (Lipinski definition) is 6. The Bertz CT molecular complexity index is 975. The zero-order chi connectivity index (χ0) is 19.6. The summed E-state index contributed by atoms with van der Waals surface area (Å²) in [5.74, 6) is -0.0958. The first-order valence-corrected chi connectivity index (χ1v) is 8.84. The Hall–Kier alpha value is -2.88. The van der Waals surface area contributed by atoms with Crippen LogP contribution in [0, 0.1) is 6.92 Å². The van der Waals surface area contributed by atoms with E-state index < -0.39 is 17.8 Å². The van der Waals surface area contributed by atoms with Crippen molar-refractivity contribution >= 4 is 23.5 Å². The number of halogens is 3. The molecule has 0 fully saturated rings. The molecule has 0 unspecified atom stereocenters. The van der Waals surface area contributed by atoms with E-state index in [1.165, 1.54) is 30.2 Å². The number of pyridine rings is 1. The van der Waals surface area contributed by atoms with Crippen LogP contribution in [0.5, 0.6) is 0 Å². The van der Waals surface area contributed by atoms with Gasteiger partial charge in [0.15, 0.2) is 11.6 Å². The average molecular weight is 394 g/mol.